The molecule has 1 saturated heterocycles. The van der Waals surface area contributed by atoms with Crippen LogP contribution in [0.25, 0.3) is 6.08 Å². The molecule has 3 aromatic rings. The van der Waals surface area contributed by atoms with Crippen molar-refractivity contribution in [3.8, 4) is 5.75 Å². The predicted molar refractivity (Wildman–Crippen MR) is 130 cm³/mol. The Kier molecular flexibility index (Phi) is 6.74. The van der Waals surface area contributed by atoms with Crippen molar-refractivity contribution in [1.29, 1.82) is 0 Å². The molecule has 0 radical (unpaired) electrons. The summed E-state index contributed by atoms with van der Waals surface area (Å²) in [5.41, 5.74) is 1.51. The molecule has 4 rings (SSSR count). The SMILES string of the molecule is O=C1NC(=S)N(c2ccc(F)cc2)C(=O)/C1=C\c1ccccc1OCc1ccc(Cl)c(Cl)c1. The Balaban J connectivity index is 1.62. The number of para-hydroxylation sites is 1. The fraction of sp³-hybridized carbons (Fsp3) is 0.0417. The zero-order valence-electron chi connectivity index (χ0n) is 16.8. The van der Waals surface area contributed by atoms with E-state index in [1.54, 1.807) is 42.5 Å². The van der Waals surface area contributed by atoms with Gasteiger partial charge in [0, 0.05) is 5.56 Å². The number of nitrogens with zero attached hydrogens (tertiary/aromatic N) is 1. The molecule has 0 bridgehead atoms. The normalized spacial score (nSPS) is 15.1. The maximum absolute atomic E-state index is 13.3. The van der Waals surface area contributed by atoms with Crippen molar-refractivity contribution in [2.24, 2.45) is 0 Å². The monoisotopic (exact) mass is 500 g/mol. The average Bonchev–Trinajstić information content (AvgIpc) is 2.79. The van der Waals surface area contributed by atoms with E-state index in [1.807, 2.05) is 0 Å². The summed E-state index contributed by atoms with van der Waals surface area (Å²) in [6.07, 6.45) is 1.43. The highest BCUT2D eigenvalue weighted by Gasteiger charge is 2.34. The summed E-state index contributed by atoms with van der Waals surface area (Å²) in [5.74, 6) is -1.27. The summed E-state index contributed by atoms with van der Waals surface area (Å²) in [7, 11) is 0. The van der Waals surface area contributed by atoms with Gasteiger partial charge < -0.3 is 4.74 Å². The molecule has 2 amide bonds. The Labute approximate surface area is 204 Å². The topological polar surface area (TPSA) is 58.6 Å². The van der Waals surface area contributed by atoms with Crippen LogP contribution < -0.4 is 15.0 Å². The van der Waals surface area contributed by atoms with Crippen molar-refractivity contribution in [3.05, 3.63) is 99.3 Å². The van der Waals surface area contributed by atoms with Crippen molar-refractivity contribution in [1.82, 2.24) is 5.32 Å². The minimum Gasteiger partial charge on any atom is -0.488 e. The predicted octanol–water partition coefficient (Wildman–Crippen LogP) is 5.54. The van der Waals surface area contributed by atoms with Gasteiger partial charge in [-0.2, -0.15) is 0 Å². The van der Waals surface area contributed by atoms with Crippen LogP contribution in [0.15, 0.2) is 72.3 Å². The molecule has 0 aliphatic carbocycles. The summed E-state index contributed by atoms with van der Waals surface area (Å²) < 4.78 is 19.2. The van der Waals surface area contributed by atoms with Crippen LogP contribution in [0.2, 0.25) is 10.0 Å². The Hall–Kier alpha value is -3.26. The highest BCUT2D eigenvalue weighted by molar-refractivity contribution is 7.80. The molecule has 3 aromatic carbocycles. The summed E-state index contributed by atoms with van der Waals surface area (Å²) in [6.45, 7) is 0.197. The first-order valence-corrected chi connectivity index (χ1v) is 10.8. The van der Waals surface area contributed by atoms with Gasteiger partial charge in [0.1, 0.15) is 23.7 Å². The number of amides is 2. The second-order valence-corrected chi connectivity index (χ2v) is 8.21. The molecule has 0 aromatic heterocycles. The zero-order valence-corrected chi connectivity index (χ0v) is 19.2. The third-order valence-electron chi connectivity index (χ3n) is 4.78. The van der Waals surface area contributed by atoms with E-state index in [0.29, 0.717) is 27.0 Å². The molecule has 1 aliphatic heterocycles. The average molecular weight is 501 g/mol. The number of hydrogen-bond donors (Lipinski definition) is 1. The smallest absolute Gasteiger partial charge is 0.270 e. The molecule has 0 unspecified atom stereocenters. The first-order valence-electron chi connectivity index (χ1n) is 9.66. The molecule has 9 heteroatoms. The summed E-state index contributed by atoms with van der Waals surface area (Å²) in [6, 6.07) is 17.3. The maximum atomic E-state index is 13.3. The fourth-order valence-electron chi connectivity index (χ4n) is 3.16. The molecule has 1 fully saturated rings. The van der Waals surface area contributed by atoms with Crippen LogP contribution in [0.4, 0.5) is 10.1 Å². The molecule has 166 valence electrons. The third-order valence-corrected chi connectivity index (χ3v) is 5.81. The van der Waals surface area contributed by atoms with E-state index in [4.69, 9.17) is 40.2 Å². The molecule has 0 spiro atoms. The Morgan fingerprint density at radius 2 is 1.73 bits per heavy atom. The second kappa shape index (κ2) is 9.70. The van der Waals surface area contributed by atoms with Crippen molar-refractivity contribution in [2.75, 3.05) is 4.90 Å². The first kappa shape index (κ1) is 22.9. The van der Waals surface area contributed by atoms with E-state index >= 15 is 0 Å². The molecule has 33 heavy (non-hydrogen) atoms. The van der Waals surface area contributed by atoms with Crippen LogP contribution in [0.5, 0.6) is 5.75 Å². The third kappa shape index (κ3) is 5.06. The van der Waals surface area contributed by atoms with Gasteiger partial charge in [-0.15, -0.1) is 0 Å². The Morgan fingerprint density at radius 1 is 1.00 bits per heavy atom. The lowest BCUT2D eigenvalue weighted by Crippen LogP contribution is -2.54. The second-order valence-electron chi connectivity index (χ2n) is 7.01. The van der Waals surface area contributed by atoms with Gasteiger partial charge in [0.25, 0.3) is 11.8 Å². The molecular formula is C24H15Cl2FN2O3S. The van der Waals surface area contributed by atoms with Crippen LogP contribution in [-0.2, 0) is 16.2 Å². The number of halogens is 3. The number of hydrogen-bond acceptors (Lipinski definition) is 4. The number of nitrogens with one attached hydrogen (secondary N) is 1. The summed E-state index contributed by atoms with van der Waals surface area (Å²) >= 11 is 17.2. The lowest BCUT2D eigenvalue weighted by molar-refractivity contribution is -0.122. The zero-order chi connectivity index (χ0) is 23.5. The molecule has 1 heterocycles. The molecule has 0 atom stereocenters. The highest BCUT2D eigenvalue weighted by atomic mass is 35.5. The van der Waals surface area contributed by atoms with Gasteiger partial charge in [0.15, 0.2) is 5.11 Å². The highest BCUT2D eigenvalue weighted by Crippen LogP contribution is 2.27. The molecule has 5 nitrogen and oxygen atoms in total. The maximum Gasteiger partial charge on any atom is 0.270 e. The van der Waals surface area contributed by atoms with E-state index in [1.165, 1.54) is 30.3 Å². The minimum atomic E-state index is -0.636. The quantitative estimate of drug-likeness (QED) is 0.283. The van der Waals surface area contributed by atoms with Crippen LogP contribution >= 0.6 is 35.4 Å². The standard InChI is InChI=1S/C24H15Cl2FN2O3S/c25-19-10-5-14(11-20(19)26)13-32-21-4-2-1-3-15(21)12-18-22(30)28-24(33)29(23(18)31)17-8-6-16(27)7-9-17/h1-12H,13H2,(H,28,30,33)/b18-12-. The van der Waals surface area contributed by atoms with E-state index < -0.39 is 17.6 Å². The van der Waals surface area contributed by atoms with Crippen molar-refractivity contribution < 1.29 is 18.7 Å². The molecule has 1 N–H and O–H groups in total. The number of anilines is 1. The number of ether oxygens (including phenoxy) is 1. The van der Waals surface area contributed by atoms with E-state index in [-0.39, 0.29) is 17.3 Å². The van der Waals surface area contributed by atoms with Crippen molar-refractivity contribution in [3.63, 3.8) is 0 Å². The van der Waals surface area contributed by atoms with Gasteiger partial charge in [0.2, 0.25) is 0 Å². The molecular weight excluding hydrogens is 486 g/mol. The summed E-state index contributed by atoms with van der Waals surface area (Å²) in [4.78, 5) is 26.9. The van der Waals surface area contributed by atoms with Crippen LogP contribution in [-0.4, -0.2) is 16.9 Å². The van der Waals surface area contributed by atoms with E-state index in [9.17, 15) is 14.0 Å². The van der Waals surface area contributed by atoms with Gasteiger partial charge >= 0.3 is 0 Å². The number of benzene rings is 3. The lowest BCUT2D eigenvalue weighted by Gasteiger charge is -2.29. The van der Waals surface area contributed by atoms with Gasteiger partial charge in [-0.25, -0.2) is 4.39 Å². The number of rotatable bonds is 5. The number of carbonyl (C=O) groups is 2. The largest absolute Gasteiger partial charge is 0.488 e. The molecule has 0 saturated carbocycles. The van der Waals surface area contributed by atoms with Gasteiger partial charge in [0.05, 0.1) is 15.7 Å². The lowest BCUT2D eigenvalue weighted by atomic mass is 10.1. The van der Waals surface area contributed by atoms with Gasteiger partial charge in [-0.1, -0.05) is 47.5 Å². The van der Waals surface area contributed by atoms with Crippen LogP contribution in [0.1, 0.15) is 11.1 Å². The number of carbonyl (C=O) groups excluding carboxylic acids is 2. The Bertz CT molecular complexity index is 1300. The molecule has 1 aliphatic rings. The van der Waals surface area contributed by atoms with Crippen LogP contribution in [0, 0.1) is 5.82 Å². The number of thiocarbonyl (C=S) groups is 1. The van der Waals surface area contributed by atoms with Crippen molar-refractivity contribution in [2.45, 2.75) is 6.61 Å². The van der Waals surface area contributed by atoms with E-state index in [0.717, 1.165) is 10.5 Å². The van der Waals surface area contributed by atoms with Gasteiger partial charge in [-0.3, -0.25) is 19.8 Å². The van der Waals surface area contributed by atoms with E-state index in [2.05, 4.69) is 5.32 Å². The minimum absolute atomic E-state index is 0.0853. The fourth-order valence-corrected chi connectivity index (χ4v) is 3.76. The van der Waals surface area contributed by atoms with Gasteiger partial charge in [-0.05, 0) is 66.3 Å². The first-order chi connectivity index (χ1) is 15.8. The summed E-state index contributed by atoms with van der Waals surface area (Å²) in [5, 5.41) is 3.27. The van der Waals surface area contributed by atoms with Crippen molar-refractivity contribution >= 4 is 64.1 Å². The van der Waals surface area contributed by atoms with Crippen LogP contribution in [0.3, 0.4) is 0 Å². The Morgan fingerprint density at radius 3 is 2.45 bits per heavy atom.